The van der Waals surface area contributed by atoms with Gasteiger partial charge < -0.3 is 9.64 Å². The van der Waals surface area contributed by atoms with Crippen molar-refractivity contribution in [2.75, 3.05) is 7.11 Å². The Labute approximate surface area is 139 Å². The molecule has 0 aromatic heterocycles. The van der Waals surface area contributed by atoms with Gasteiger partial charge in [0, 0.05) is 29.5 Å². The van der Waals surface area contributed by atoms with E-state index >= 15 is 0 Å². The quantitative estimate of drug-likeness (QED) is 0.718. The topological polar surface area (TPSA) is 46.6 Å². The smallest absolute Gasteiger partial charge is 0.226 e. The Balaban J connectivity index is 2.91. The Kier molecular flexibility index (Phi) is 6.79. The van der Waals surface area contributed by atoms with Gasteiger partial charge in [-0.2, -0.15) is 0 Å². The molecule has 1 amide bonds. The van der Waals surface area contributed by atoms with Crippen LogP contribution in [-0.2, 0) is 4.79 Å². The summed E-state index contributed by atoms with van der Waals surface area (Å²) in [5.41, 5.74) is 0.610. The zero-order valence-corrected chi connectivity index (χ0v) is 15.3. The fourth-order valence-electron chi connectivity index (χ4n) is 2.80. The maximum absolute atomic E-state index is 12.8. The van der Waals surface area contributed by atoms with Crippen molar-refractivity contribution in [3.8, 4) is 5.75 Å². The average molecular weight is 319 g/mol. The van der Waals surface area contributed by atoms with Gasteiger partial charge in [0.25, 0.3) is 0 Å². The number of ether oxygens (including phenoxy) is 1. The summed E-state index contributed by atoms with van der Waals surface area (Å²) >= 11 is 0. The molecule has 1 rings (SSSR count). The summed E-state index contributed by atoms with van der Waals surface area (Å²) in [6.07, 6.45) is 0. The number of ketones is 1. The molecule has 1 aromatic rings. The van der Waals surface area contributed by atoms with E-state index in [-0.39, 0.29) is 35.6 Å². The molecule has 0 saturated carbocycles. The van der Waals surface area contributed by atoms with E-state index in [2.05, 4.69) is 0 Å². The van der Waals surface area contributed by atoms with Crippen LogP contribution in [0, 0.1) is 11.8 Å². The molecule has 0 fully saturated rings. The van der Waals surface area contributed by atoms with Crippen molar-refractivity contribution in [3.05, 3.63) is 29.8 Å². The number of amides is 1. The number of Topliss-reactive ketones (excluding diaryl/α,β-unsaturated/α-hetero) is 1. The van der Waals surface area contributed by atoms with Gasteiger partial charge in [-0.25, -0.2) is 0 Å². The van der Waals surface area contributed by atoms with E-state index in [9.17, 15) is 9.59 Å². The lowest BCUT2D eigenvalue weighted by Gasteiger charge is -2.34. The Hall–Kier alpha value is -1.84. The molecule has 4 heteroatoms. The van der Waals surface area contributed by atoms with Crippen molar-refractivity contribution in [1.29, 1.82) is 0 Å². The fourth-order valence-corrected chi connectivity index (χ4v) is 2.80. The molecule has 0 unspecified atom stereocenters. The molecular weight excluding hydrogens is 290 g/mol. The van der Waals surface area contributed by atoms with Crippen LogP contribution in [0.1, 0.15) is 51.9 Å². The van der Waals surface area contributed by atoms with E-state index < -0.39 is 0 Å². The number of hydrogen-bond acceptors (Lipinski definition) is 3. The Morgan fingerprint density at radius 3 is 1.74 bits per heavy atom. The van der Waals surface area contributed by atoms with Crippen LogP contribution in [0.4, 0.5) is 0 Å². The van der Waals surface area contributed by atoms with Crippen molar-refractivity contribution >= 4 is 11.7 Å². The van der Waals surface area contributed by atoms with Gasteiger partial charge in [0.05, 0.1) is 7.11 Å². The summed E-state index contributed by atoms with van der Waals surface area (Å²) in [5, 5.41) is 0. The van der Waals surface area contributed by atoms with Gasteiger partial charge in [-0.1, -0.05) is 13.8 Å². The molecule has 0 heterocycles. The summed E-state index contributed by atoms with van der Waals surface area (Å²) < 4.78 is 5.11. The molecular formula is C19H29NO3. The molecule has 0 spiro atoms. The first-order chi connectivity index (χ1) is 10.7. The highest BCUT2D eigenvalue weighted by Crippen LogP contribution is 2.23. The van der Waals surface area contributed by atoms with Crippen molar-refractivity contribution in [1.82, 2.24) is 4.90 Å². The SMILES string of the molecule is COc1ccc(C(=O)[C@H](C)[C@@H](C)C(=O)N(C(C)C)C(C)C)cc1. The average Bonchev–Trinajstić information content (AvgIpc) is 2.52. The zero-order valence-electron chi connectivity index (χ0n) is 15.3. The highest BCUT2D eigenvalue weighted by Gasteiger charge is 2.32. The van der Waals surface area contributed by atoms with Gasteiger partial charge in [0.15, 0.2) is 5.78 Å². The van der Waals surface area contributed by atoms with Crippen LogP contribution in [-0.4, -0.2) is 35.8 Å². The van der Waals surface area contributed by atoms with Crippen molar-refractivity contribution in [2.45, 2.75) is 53.6 Å². The zero-order chi connectivity index (χ0) is 17.7. The third kappa shape index (κ3) is 4.57. The maximum Gasteiger partial charge on any atom is 0.226 e. The van der Waals surface area contributed by atoms with E-state index in [4.69, 9.17) is 4.74 Å². The van der Waals surface area contributed by atoms with Crippen LogP contribution < -0.4 is 4.74 Å². The third-order valence-electron chi connectivity index (χ3n) is 4.29. The predicted octanol–water partition coefficient (Wildman–Crippen LogP) is 3.80. The number of nitrogens with zero attached hydrogens (tertiary/aromatic N) is 1. The molecule has 0 aliphatic carbocycles. The fraction of sp³-hybridized carbons (Fsp3) is 0.579. The largest absolute Gasteiger partial charge is 0.497 e. The van der Waals surface area contributed by atoms with E-state index in [1.807, 2.05) is 46.4 Å². The van der Waals surface area contributed by atoms with Crippen molar-refractivity contribution in [3.63, 3.8) is 0 Å². The van der Waals surface area contributed by atoms with Gasteiger partial charge in [0.1, 0.15) is 5.75 Å². The summed E-state index contributed by atoms with van der Waals surface area (Å²) in [7, 11) is 1.59. The van der Waals surface area contributed by atoms with Gasteiger partial charge in [-0.15, -0.1) is 0 Å². The number of carbonyl (C=O) groups is 2. The molecule has 1 aromatic carbocycles. The molecule has 0 aliphatic rings. The molecule has 4 nitrogen and oxygen atoms in total. The normalized spacial score (nSPS) is 13.8. The van der Waals surface area contributed by atoms with E-state index in [0.717, 1.165) is 0 Å². The van der Waals surface area contributed by atoms with Crippen LogP contribution in [0.2, 0.25) is 0 Å². The number of benzene rings is 1. The molecule has 0 aliphatic heterocycles. The molecule has 2 atom stereocenters. The van der Waals surface area contributed by atoms with Crippen LogP contribution in [0.5, 0.6) is 5.75 Å². The highest BCUT2D eigenvalue weighted by molar-refractivity contribution is 6.00. The minimum atomic E-state index is -0.365. The van der Waals surface area contributed by atoms with Gasteiger partial charge in [-0.3, -0.25) is 9.59 Å². The molecule has 0 bridgehead atoms. The Morgan fingerprint density at radius 1 is 0.870 bits per heavy atom. The summed E-state index contributed by atoms with van der Waals surface area (Å²) in [6.45, 7) is 11.7. The first-order valence-corrected chi connectivity index (χ1v) is 8.21. The second-order valence-electron chi connectivity index (χ2n) is 6.60. The minimum absolute atomic E-state index is 0.0130. The minimum Gasteiger partial charge on any atom is -0.497 e. The summed E-state index contributed by atoms with van der Waals surface area (Å²) in [5.74, 6) is 0.0137. The molecule has 128 valence electrons. The summed E-state index contributed by atoms with van der Waals surface area (Å²) in [6, 6.07) is 7.26. The standard InChI is InChI=1S/C19H29NO3/c1-12(2)20(13(3)4)19(22)15(6)14(5)18(21)16-8-10-17(23-7)11-9-16/h8-15H,1-7H3/t14-,15-/m1/s1. The maximum atomic E-state index is 12.8. The first kappa shape index (κ1) is 19.2. The second kappa shape index (κ2) is 8.14. The van der Waals surface area contributed by atoms with Crippen molar-refractivity contribution in [2.24, 2.45) is 11.8 Å². The number of rotatable bonds is 7. The van der Waals surface area contributed by atoms with Crippen LogP contribution in [0.25, 0.3) is 0 Å². The number of methoxy groups -OCH3 is 1. The Bertz CT molecular complexity index is 526. The molecule has 0 saturated heterocycles. The lowest BCUT2D eigenvalue weighted by Crippen LogP contribution is -2.46. The van der Waals surface area contributed by atoms with Crippen LogP contribution in [0.3, 0.4) is 0 Å². The predicted molar refractivity (Wildman–Crippen MR) is 92.8 cm³/mol. The van der Waals surface area contributed by atoms with Crippen LogP contribution >= 0.6 is 0 Å². The van der Waals surface area contributed by atoms with E-state index in [1.165, 1.54) is 0 Å². The third-order valence-corrected chi connectivity index (χ3v) is 4.29. The lowest BCUT2D eigenvalue weighted by atomic mass is 9.87. The van der Waals surface area contributed by atoms with Gasteiger partial charge in [-0.05, 0) is 52.0 Å². The number of hydrogen-bond donors (Lipinski definition) is 0. The number of carbonyl (C=O) groups excluding carboxylic acids is 2. The first-order valence-electron chi connectivity index (χ1n) is 8.21. The monoisotopic (exact) mass is 319 g/mol. The second-order valence-corrected chi connectivity index (χ2v) is 6.60. The van der Waals surface area contributed by atoms with Gasteiger partial charge in [0.2, 0.25) is 5.91 Å². The molecule has 23 heavy (non-hydrogen) atoms. The van der Waals surface area contributed by atoms with Crippen LogP contribution in [0.15, 0.2) is 24.3 Å². The van der Waals surface area contributed by atoms with Gasteiger partial charge >= 0.3 is 0 Å². The Morgan fingerprint density at radius 2 is 1.35 bits per heavy atom. The molecule has 0 N–H and O–H groups in total. The van der Waals surface area contributed by atoms with E-state index in [1.54, 1.807) is 31.4 Å². The summed E-state index contributed by atoms with van der Waals surface area (Å²) in [4.78, 5) is 27.2. The lowest BCUT2D eigenvalue weighted by molar-refractivity contribution is -0.139. The highest BCUT2D eigenvalue weighted by atomic mass is 16.5. The van der Waals surface area contributed by atoms with E-state index in [0.29, 0.717) is 11.3 Å². The molecule has 0 radical (unpaired) electrons. The van der Waals surface area contributed by atoms with Crippen molar-refractivity contribution < 1.29 is 14.3 Å².